The molecule has 0 heterocycles. The Balaban J connectivity index is 1.92. The van der Waals surface area contributed by atoms with E-state index in [0.717, 1.165) is 11.1 Å². The Kier molecular flexibility index (Phi) is 8.88. The molecule has 0 fully saturated rings. The van der Waals surface area contributed by atoms with Gasteiger partial charge in [0, 0.05) is 11.6 Å². The normalized spacial score (nSPS) is 10.9. The number of phenolic OH excluding ortho intramolecular Hbond substituents is 1. The largest absolute Gasteiger partial charge is 0.503 e. The van der Waals surface area contributed by atoms with Crippen LogP contribution < -0.4 is 34.7 Å². The summed E-state index contributed by atoms with van der Waals surface area (Å²) in [6.07, 6.45) is 6.48. The smallest absolute Gasteiger partial charge is 0.248 e. The molecular formula is C28H30N2O7. The van der Waals surface area contributed by atoms with Crippen molar-refractivity contribution in [2.75, 3.05) is 46.6 Å². The molecule has 0 aromatic heterocycles. The molecule has 0 spiro atoms. The molecule has 0 radical (unpaired) electrons. The zero-order chi connectivity index (χ0) is 26.9. The third-order valence-electron chi connectivity index (χ3n) is 5.47. The molecule has 0 aliphatic heterocycles. The Morgan fingerprint density at radius 3 is 1.97 bits per heavy atom. The van der Waals surface area contributed by atoms with Crippen LogP contribution in [-0.2, 0) is 4.79 Å². The summed E-state index contributed by atoms with van der Waals surface area (Å²) in [5, 5.41) is 13.5. The van der Waals surface area contributed by atoms with E-state index in [1.165, 1.54) is 41.6 Å². The fourth-order valence-corrected chi connectivity index (χ4v) is 3.57. The van der Waals surface area contributed by atoms with Crippen molar-refractivity contribution in [3.05, 3.63) is 65.2 Å². The van der Waals surface area contributed by atoms with Crippen molar-refractivity contribution in [3.8, 4) is 34.5 Å². The summed E-state index contributed by atoms with van der Waals surface area (Å²) in [4.78, 5) is 12.7. The van der Waals surface area contributed by atoms with E-state index in [2.05, 4.69) is 5.32 Å². The van der Waals surface area contributed by atoms with Crippen molar-refractivity contribution >= 4 is 35.5 Å². The second-order valence-electron chi connectivity index (χ2n) is 7.70. The van der Waals surface area contributed by atoms with Crippen molar-refractivity contribution in [1.29, 1.82) is 0 Å². The fourth-order valence-electron chi connectivity index (χ4n) is 3.57. The van der Waals surface area contributed by atoms with E-state index in [1.54, 1.807) is 60.7 Å². The van der Waals surface area contributed by atoms with E-state index < -0.39 is 5.91 Å². The van der Waals surface area contributed by atoms with Gasteiger partial charge in [-0.2, -0.15) is 0 Å². The quantitative estimate of drug-likeness (QED) is 0.155. The van der Waals surface area contributed by atoms with Gasteiger partial charge >= 0.3 is 0 Å². The Labute approximate surface area is 215 Å². The molecule has 0 atom stereocenters. The van der Waals surface area contributed by atoms with Crippen LogP contribution in [0.5, 0.6) is 34.5 Å². The molecule has 0 saturated carbocycles. The highest BCUT2D eigenvalue weighted by Gasteiger charge is 2.15. The molecule has 0 aliphatic rings. The summed E-state index contributed by atoms with van der Waals surface area (Å²) < 4.78 is 26.6. The number of carbonyl (C=O) groups excluding carboxylic acids is 1. The number of nitrogens with one attached hydrogen (secondary N) is 1. The number of carbonyl (C=O) groups is 1. The molecule has 194 valence electrons. The number of ether oxygens (including phenoxy) is 5. The Morgan fingerprint density at radius 1 is 0.757 bits per heavy atom. The Morgan fingerprint density at radius 2 is 1.38 bits per heavy atom. The van der Waals surface area contributed by atoms with E-state index in [4.69, 9.17) is 29.4 Å². The number of methoxy groups -OCH3 is 5. The summed E-state index contributed by atoms with van der Waals surface area (Å²) in [7, 11) is 7.55. The van der Waals surface area contributed by atoms with E-state index in [9.17, 15) is 9.90 Å². The maximum atomic E-state index is 12.7. The predicted octanol–water partition coefficient (Wildman–Crippen LogP) is 4.84. The number of nitrogens with two attached hydrogens (primary N) is 1. The van der Waals surface area contributed by atoms with Crippen molar-refractivity contribution in [1.82, 2.24) is 0 Å². The summed E-state index contributed by atoms with van der Waals surface area (Å²) in [6, 6.07) is 12.1. The van der Waals surface area contributed by atoms with E-state index >= 15 is 0 Å². The van der Waals surface area contributed by atoms with Crippen LogP contribution >= 0.6 is 0 Å². The topological polar surface area (TPSA) is 122 Å². The first-order valence-electron chi connectivity index (χ1n) is 11.2. The minimum Gasteiger partial charge on any atom is -0.503 e. The second-order valence-corrected chi connectivity index (χ2v) is 7.70. The minimum atomic E-state index is -0.457. The lowest BCUT2D eigenvalue weighted by molar-refractivity contribution is -0.111. The molecule has 4 N–H and O–H groups in total. The maximum Gasteiger partial charge on any atom is 0.248 e. The monoisotopic (exact) mass is 506 g/mol. The van der Waals surface area contributed by atoms with Gasteiger partial charge in [0.05, 0.1) is 46.9 Å². The van der Waals surface area contributed by atoms with Gasteiger partial charge in [-0.15, -0.1) is 0 Å². The van der Waals surface area contributed by atoms with Crippen LogP contribution in [0.25, 0.3) is 18.2 Å². The highest BCUT2D eigenvalue weighted by atomic mass is 16.5. The van der Waals surface area contributed by atoms with Gasteiger partial charge in [0.25, 0.3) is 0 Å². The molecule has 9 heteroatoms. The van der Waals surface area contributed by atoms with Crippen molar-refractivity contribution in [3.63, 3.8) is 0 Å². The number of hydrogen-bond acceptors (Lipinski definition) is 8. The van der Waals surface area contributed by atoms with Crippen molar-refractivity contribution in [2.24, 2.45) is 0 Å². The number of nitrogen functional groups attached to an aromatic ring is 1. The average molecular weight is 507 g/mol. The molecule has 0 aliphatic carbocycles. The standard InChI is InChI=1S/C28H30N2O7/c1-33-21-12-10-19(9-6-18-15-23(35-3)28(37-5)24(16-18)36-4)26(27(21)32)30-25(31)13-8-17-7-11-20(29)22(14-17)34-2/h6-16,32H,29H2,1-5H3,(H,30,31)/b9-6?,13-8+. The molecule has 37 heavy (non-hydrogen) atoms. The Hall–Kier alpha value is -4.79. The molecule has 3 aromatic rings. The van der Waals surface area contributed by atoms with Gasteiger partial charge in [0.15, 0.2) is 23.0 Å². The van der Waals surface area contributed by atoms with Crippen LogP contribution in [-0.4, -0.2) is 46.6 Å². The lowest BCUT2D eigenvalue weighted by Crippen LogP contribution is -2.09. The SMILES string of the molecule is COc1cc(/C=C/C(=O)Nc2c(C=Cc3cc(OC)c(OC)c(OC)c3)ccc(OC)c2O)ccc1N. The lowest BCUT2D eigenvalue weighted by Gasteiger charge is -2.14. The Bertz CT molecular complexity index is 1310. The van der Waals surface area contributed by atoms with Crippen LogP contribution in [0.15, 0.2) is 48.5 Å². The first kappa shape index (κ1) is 26.8. The highest BCUT2D eigenvalue weighted by Crippen LogP contribution is 2.40. The highest BCUT2D eigenvalue weighted by molar-refractivity contribution is 6.04. The van der Waals surface area contributed by atoms with Crippen LogP contribution in [0.2, 0.25) is 0 Å². The number of benzene rings is 3. The number of anilines is 2. The van der Waals surface area contributed by atoms with Gasteiger partial charge in [0.1, 0.15) is 5.75 Å². The summed E-state index contributed by atoms with van der Waals surface area (Å²) in [5.74, 6) is 1.53. The van der Waals surface area contributed by atoms with Gasteiger partial charge in [-0.05, 0) is 53.6 Å². The van der Waals surface area contributed by atoms with Crippen LogP contribution in [0.3, 0.4) is 0 Å². The van der Waals surface area contributed by atoms with E-state index in [-0.39, 0.29) is 17.2 Å². The molecule has 1 amide bonds. The molecule has 0 bridgehead atoms. The van der Waals surface area contributed by atoms with Gasteiger partial charge < -0.3 is 39.8 Å². The first-order chi connectivity index (χ1) is 17.8. The van der Waals surface area contributed by atoms with Gasteiger partial charge in [0.2, 0.25) is 11.7 Å². The molecular weight excluding hydrogens is 476 g/mol. The minimum absolute atomic E-state index is 0.188. The van der Waals surface area contributed by atoms with E-state index in [0.29, 0.717) is 34.2 Å². The molecule has 3 rings (SSSR count). The third kappa shape index (κ3) is 6.26. The van der Waals surface area contributed by atoms with Crippen molar-refractivity contribution in [2.45, 2.75) is 0 Å². The summed E-state index contributed by atoms with van der Waals surface area (Å²) >= 11 is 0. The number of hydrogen-bond donors (Lipinski definition) is 3. The zero-order valence-corrected chi connectivity index (χ0v) is 21.3. The van der Waals surface area contributed by atoms with Gasteiger partial charge in [-0.1, -0.05) is 18.2 Å². The molecule has 9 nitrogen and oxygen atoms in total. The number of amides is 1. The van der Waals surface area contributed by atoms with Crippen LogP contribution in [0.1, 0.15) is 16.7 Å². The number of rotatable bonds is 10. The predicted molar refractivity (Wildman–Crippen MR) is 145 cm³/mol. The average Bonchev–Trinajstić information content (AvgIpc) is 2.92. The molecule has 3 aromatic carbocycles. The number of aromatic hydroxyl groups is 1. The molecule has 0 saturated heterocycles. The summed E-state index contributed by atoms with van der Waals surface area (Å²) in [5.41, 5.74) is 8.54. The maximum absolute atomic E-state index is 12.7. The van der Waals surface area contributed by atoms with E-state index in [1.807, 2.05) is 0 Å². The summed E-state index contributed by atoms with van der Waals surface area (Å²) in [6.45, 7) is 0. The van der Waals surface area contributed by atoms with Gasteiger partial charge in [-0.3, -0.25) is 4.79 Å². The lowest BCUT2D eigenvalue weighted by atomic mass is 10.1. The van der Waals surface area contributed by atoms with Crippen LogP contribution in [0, 0.1) is 0 Å². The fraction of sp³-hybridized carbons (Fsp3) is 0.179. The van der Waals surface area contributed by atoms with Crippen molar-refractivity contribution < 1.29 is 33.6 Å². The third-order valence-corrected chi connectivity index (χ3v) is 5.47. The van der Waals surface area contributed by atoms with Crippen LogP contribution in [0.4, 0.5) is 11.4 Å². The van der Waals surface area contributed by atoms with Gasteiger partial charge in [-0.25, -0.2) is 0 Å². The zero-order valence-electron chi connectivity index (χ0n) is 21.3. The first-order valence-corrected chi connectivity index (χ1v) is 11.2. The number of phenols is 1. The molecule has 0 unspecified atom stereocenters. The second kappa shape index (κ2) is 12.3.